The summed E-state index contributed by atoms with van der Waals surface area (Å²) in [4.78, 5) is 36.7. The molecule has 0 radical (unpaired) electrons. The normalized spacial score (nSPS) is 42.1. The van der Waals surface area contributed by atoms with Gasteiger partial charge in [-0.15, -0.1) is 34.8 Å². The lowest BCUT2D eigenvalue weighted by molar-refractivity contribution is -0.123. The van der Waals surface area contributed by atoms with Crippen LogP contribution in [0.15, 0.2) is 4.99 Å². The lowest BCUT2D eigenvalue weighted by atomic mass is 9.74. The van der Waals surface area contributed by atoms with E-state index in [-0.39, 0.29) is 76.4 Å². The first-order valence-electron chi connectivity index (χ1n) is 18.5. The Morgan fingerprint density at radius 3 is 2.21 bits per heavy atom. The smallest absolute Gasteiger partial charge is 0.326 e. The maximum absolute atomic E-state index is 14.8. The number of nitrogens with zero attached hydrogens (tertiary/aromatic N) is 4. The van der Waals surface area contributed by atoms with Crippen molar-refractivity contribution in [2.75, 3.05) is 26.2 Å². The van der Waals surface area contributed by atoms with Crippen LogP contribution in [0.2, 0.25) is 0 Å². The third-order valence-electron chi connectivity index (χ3n) is 12.7. The van der Waals surface area contributed by atoms with Gasteiger partial charge in [0.1, 0.15) is 12.4 Å². The van der Waals surface area contributed by atoms with Gasteiger partial charge in [0.2, 0.25) is 15.9 Å². The summed E-state index contributed by atoms with van der Waals surface area (Å²) in [6.07, 6.45) is 14.1. The molecule has 7 aliphatic rings. The number of piperazine rings is 1. The molecule has 1 N–H and O–H groups in total. The molecule has 0 spiro atoms. The Morgan fingerprint density at radius 1 is 0.809 bits per heavy atom. The number of hydrogen-bond acceptors (Lipinski definition) is 5. The van der Waals surface area contributed by atoms with Crippen molar-refractivity contribution >= 4 is 62.6 Å². The van der Waals surface area contributed by atoms with E-state index >= 15 is 0 Å². The number of nitrogens with one attached hydrogen (secondary N) is 1. The maximum atomic E-state index is 14.8. The van der Waals surface area contributed by atoms with Gasteiger partial charge in [0.05, 0.1) is 17.3 Å². The van der Waals surface area contributed by atoms with Crippen LogP contribution < -0.4 is 5.32 Å². The van der Waals surface area contributed by atoms with Crippen LogP contribution in [-0.2, 0) is 14.8 Å². The number of urea groups is 1. The lowest BCUT2D eigenvalue weighted by Crippen LogP contribution is -2.60. The number of amidine groups is 1. The van der Waals surface area contributed by atoms with Gasteiger partial charge in [-0.2, -0.15) is 4.31 Å². The Morgan fingerprint density at radius 2 is 1.51 bits per heavy atom. The van der Waals surface area contributed by atoms with Gasteiger partial charge in [-0.05, 0) is 101 Å². The van der Waals surface area contributed by atoms with Crippen molar-refractivity contribution < 1.29 is 18.0 Å². The second-order valence-electron chi connectivity index (χ2n) is 15.5. The Hall–Kier alpha value is -0.810. The first kappa shape index (κ1) is 34.6. The van der Waals surface area contributed by atoms with Crippen molar-refractivity contribution in [1.82, 2.24) is 19.4 Å². The summed E-state index contributed by atoms with van der Waals surface area (Å²) >= 11 is 19.8. The molecule has 7 unspecified atom stereocenters. The minimum atomic E-state index is -3.54. The lowest BCUT2D eigenvalue weighted by Gasteiger charge is -2.43. The molecule has 13 heteroatoms. The molecule has 2 saturated heterocycles. The quantitative estimate of drug-likeness (QED) is 0.353. The average Bonchev–Trinajstić information content (AvgIpc) is 3.65. The van der Waals surface area contributed by atoms with E-state index in [1.165, 1.54) is 0 Å². The van der Waals surface area contributed by atoms with E-state index < -0.39 is 15.3 Å². The third-order valence-corrected chi connectivity index (χ3v) is 16.4. The number of hydrogen-bond donors (Lipinski definition) is 1. The van der Waals surface area contributed by atoms with Gasteiger partial charge in [-0.1, -0.05) is 19.3 Å². The van der Waals surface area contributed by atoms with Gasteiger partial charge >= 0.3 is 6.03 Å². The molecule has 47 heavy (non-hydrogen) atoms. The third kappa shape index (κ3) is 6.94. The Labute approximate surface area is 295 Å². The van der Waals surface area contributed by atoms with Crippen LogP contribution in [0.1, 0.15) is 103 Å². The minimum absolute atomic E-state index is 0.0298. The van der Waals surface area contributed by atoms with Crippen LogP contribution in [0.25, 0.3) is 0 Å². The standard InChI is InChI=1S/C34H52Cl3N5O4S/c35-23-10-8-21(9-11-23)32-31(22-4-3-5-25(37)18-22)39-33(42(32)34(44)40-17-16-38-30(43)20-40)28-19-41(29-7-2-1-6-27(28)29)47(45,46)26-14-12-24(36)13-15-26/h21-29,31-32H,1-20H2,(H,38,43). The van der Waals surface area contributed by atoms with Gasteiger partial charge in [-0.25, -0.2) is 13.2 Å². The summed E-state index contributed by atoms with van der Waals surface area (Å²) in [5.74, 6) is 1.09. The fourth-order valence-corrected chi connectivity index (χ4v) is 13.5. The number of carbonyl (C=O) groups excluding carboxylic acids is 2. The van der Waals surface area contributed by atoms with Crippen LogP contribution in [-0.4, -0.2) is 106 Å². The molecule has 3 heterocycles. The van der Waals surface area contributed by atoms with Crippen molar-refractivity contribution in [2.45, 2.75) is 142 Å². The summed E-state index contributed by atoms with van der Waals surface area (Å²) < 4.78 is 30.6. The average molecular weight is 733 g/mol. The predicted molar refractivity (Wildman–Crippen MR) is 187 cm³/mol. The summed E-state index contributed by atoms with van der Waals surface area (Å²) in [6, 6.07) is -0.437. The zero-order chi connectivity index (χ0) is 32.9. The van der Waals surface area contributed by atoms with E-state index in [1.807, 2.05) is 9.21 Å². The predicted octanol–water partition coefficient (Wildman–Crippen LogP) is 5.96. The number of alkyl halides is 3. The molecule has 0 aromatic rings. The number of rotatable bonds is 5. The highest BCUT2D eigenvalue weighted by Gasteiger charge is 2.57. The molecule has 4 saturated carbocycles. The molecule has 7 atom stereocenters. The summed E-state index contributed by atoms with van der Waals surface area (Å²) in [7, 11) is -3.54. The molecule has 0 bridgehead atoms. The first-order chi connectivity index (χ1) is 22.6. The highest BCUT2D eigenvalue weighted by Crippen LogP contribution is 2.49. The molecule has 6 fully saturated rings. The van der Waals surface area contributed by atoms with E-state index in [1.54, 1.807) is 4.90 Å². The fraction of sp³-hybridized carbons (Fsp3) is 0.912. The molecular weight excluding hydrogens is 681 g/mol. The SMILES string of the molecule is O=C1CN(C(=O)N2C(C3CN(S(=O)(=O)C4CCC(Cl)CC4)C4CCCCC34)=NC(C3CCCC(Cl)C3)C2C2CCC(Cl)CC2)CCN1. The number of halogens is 3. The van der Waals surface area contributed by atoms with Crippen LogP contribution in [0.3, 0.4) is 0 Å². The van der Waals surface area contributed by atoms with Gasteiger partial charge in [0, 0.05) is 47.7 Å². The Bertz CT molecular complexity index is 1300. The molecule has 3 aliphatic heterocycles. The summed E-state index contributed by atoms with van der Waals surface area (Å²) in [5.41, 5.74) is 0. The van der Waals surface area contributed by atoms with Crippen LogP contribution >= 0.6 is 34.8 Å². The second kappa shape index (κ2) is 14.4. The molecule has 4 aliphatic carbocycles. The number of sulfonamides is 1. The largest absolute Gasteiger partial charge is 0.353 e. The van der Waals surface area contributed by atoms with Crippen LogP contribution in [0.4, 0.5) is 4.79 Å². The molecule has 0 aromatic carbocycles. The highest BCUT2D eigenvalue weighted by atomic mass is 35.5. The molecule has 0 aromatic heterocycles. The molecule has 3 amide bonds. The van der Waals surface area contributed by atoms with E-state index in [0.29, 0.717) is 32.5 Å². The van der Waals surface area contributed by atoms with Crippen molar-refractivity contribution in [3.8, 4) is 0 Å². The van der Waals surface area contributed by atoms with Crippen molar-refractivity contribution in [2.24, 2.45) is 28.7 Å². The molecule has 9 nitrogen and oxygen atoms in total. The number of aliphatic imine (C=N–C) groups is 1. The van der Waals surface area contributed by atoms with Crippen LogP contribution in [0.5, 0.6) is 0 Å². The van der Waals surface area contributed by atoms with Gasteiger partial charge in [-0.3, -0.25) is 14.7 Å². The zero-order valence-electron chi connectivity index (χ0n) is 27.5. The van der Waals surface area contributed by atoms with Gasteiger partial charge < -0.3 is 10.2 Å². The van der Waals surface area contributed by atoms with E-state index in [2.05, 4.69) is 5.32 Å². The van der Waals surface area contributed by atoms with E-state index in [4.69, 9.17) is 39.8 Å². The topological polar surface area (TPSA) is 102 Å². The van der Waals surface area contributed by atoms with Crippen molar-refractivity contribution in [3.63, 3.8) is 0 Å². The van der Waals surface area contributed by atoms with Gasteiger partial charge in [0.15, 0.2) is 0 Å². The van der Waals surface area contributed by atoms with E-state index in [0.717, 1.165) is 95.7 Å². The maximum Gasteiger partial charge on any atom is 0.326 e. The summed E-state index contributed by atoms with van der Waals surface area (Å²) in [5, 5.41) is 2.76. The molecular formula is C34H52Cl3N5O4S. The van der Waals surface area contributed by atoms with Crippen molar-refractivity contribution in [3.05, 3.63) is 0 Å². The first-order valence-corrected chi connectivity index (χ1v) is 21.3. The van der Waals surface area contributed by atoms with Gasteiger partial charge in [0.25, 0.3) is 0 Å². The van der Waals surface area contributed by atoms with Crippen molar-refractivity contribution in [1.29, 1.82) is 0 Å². The Kier molecular flexibility index (Phi) is 10.6. The summed E-state index contributed by atoms with van der Waals surface area (Å²) in [6.45, 7) is 1.28. The number of amides is 3. The highest BCUT2D eigenvalue weighted by molar-refractivity contribution is 7.89. The number of fused-ring (bicyclic) bond motifs is 1. The minimum Gasteiger partial charge on any atom is -0.353 e. The molecule has 264 valence electrons. The van der Waals surface area contributed by atoms with Crippen LogP contribution in [0, 0.1) is 23.7 Å². The second-order valence-corrected chi connectivity index (χ2v) is 19.6. The number of carbonyl (C=O) groups is 2. The molecule has 7 rings (SSSR count). The van der Waals surface area contributed by atoms with E-state index in [9.17, 15) is 18.0 Å². The zero-order valence-corrected chi connectivity index (χ0v) is 30.5. The Balaban J connectivity index is 1.27. The monoisotopic (exact) mass is 731 g/mol. The fourth-order valence-electron chi connectivity index (χ4n) is 10.3.